The van der Waals surface area contributed by atoms with Crippen molar-refractivity contribution in [2.24, 2.45) is 17.8 Å². The summed E-state index contributed by atoms with van der Waals surface area (Å²) in [5.74, 6) is 1.54. The largest absolute Gasteiger partial charge is 0.465 e. The summed E-state index contributed by atoms with van der Waals surface area (Å²) in [5, 5.41) is 42.5. The minimum absolute atomic E-state index is 0.515. The van der Waals surface area contributed by atoms with E-state index in [-0.39, 0.29) is 0 Å². The molecule has 0 saturated heterocycles. The molecule has 42 heavy (non-hydrogen) atoms. The third-order valence-electron chi connectivity index (χ3n) is 6.66. The average molecular weight is 601 g/mol. The first-order chi connectivity index (χ1) is 20.1. The van der Waals surface area contributed by atoms with Gasteiger partial charge in [-0.25, -0.2) is 14.4 Å². The molecular formula is C30H60N6O6. The molecule has 3 atom stereocenters. The van der Waals surface area contributed by atoms with Gasteiger partial charge in [0.2, 0.25) is 0 Å². The summed E-state index contributed by atoms with van der Waals surface area (Å²) in [6.07, 6.45) is 14.1. The molecule has 1 rings (SSSR count). The zero-order valence-corrected chi connectivity index (χ0v) is 27.0. The monoisotopic (exact) mass is 600 g/mol. The lowest BCUT2D eigenvalue weighted by Gasteiger charge is -2.13. The van der Waals surface area contributed by atoms with Crippen LogP contribution in [0, 0.1) is 17.8 Å². The van der Waals surface area contributed by atoms with Crippen LogP contribution in [0.3, 0.4) is 0 Å². The van der Waals surface area contributed by atoms with Crippen LogP contribution in [0.5, 0.6) is 0 Å². The molecule has 0 aliphatic carbocycles. The molecule has 0 spiro atoms. The SMILES string of the molecule is CCCCC(CC)CNC(=O)O.CCCCC(CC)CNC(=O)O.CCCCC(CC)CNC(=O)O.c1cnnnc1. The van der Waals surface area contributed by atoms with Gasteiger partial charge in [-0.15, -0.1) is 10.2 Å². The normalized spacial score (nSPS) is 11.9. The number of nitrogens with one attached hydrogen (secondary N) is 3. The number of hydrogen-bond donors (Lipinski definition) is 6. The summed E-state index contributed by atoms with van der Waals surface area (Å²) < 4.78 is 0. The molecule has 1 heterocycles. The number of nitrogens with zero attached hydrogens (tertiary/aromatic N) is 3. The van der Waals surface area contributed by atoms with Gasteiger partial charge in [-0.1, -0.05) is 99.3 Å². The first kappa shape index (κ1) is 43.3. The Morgan fingerprint density at radius 2 is 0.857 bits per heavy atom. The fourth-order valence-electron chi connectivity index (χ4n) is 3.73. The van der Waals surface area contributed by atoms with Crippen molar-refractivity contribution in [3.8, 4) is 0 Å². The Labute approximate surface area is 253 Å². The Morgan fingerprint density at radius 3 is 1.00 bits per heavy atom. The van der Waals surface area contributed by atoms with Crippen molar-refractivity contribution < 1.29 is 29.7 Å². The van der Waals surface area contributed by atoms with Gasteiger partial charge in [-0.2, -0.15) is 0 Å². The van der Waals surface area contributed by atoms with Gasteiger partial charge in [0.25, 0.3) is 0 Å². The van der Waals surface area contributed by atoms with E-state index < -0.39 is 18.3 Å². The van der Waals surface area contributed by atoms with Crippen molar-refractivity contribution in [1.82, 2.24) is 31.4 Å². The predicted octanol–water partition coefficient (Wildman–Crippen LogP) is 7.28. The topological polar surface area (TPSA) is 187 Å². The molecule has 0 fully saturated rings. The molecule has 1 aromatic heterocycles. The van der Waals surface area contributed by atoms with Gasteiger partial charge in [-0.05, 0) is 48.3 Å². The van der Waals surface area contributed by atoms with E-state index in [0.29, 0.717) is 37.4 Å². The summed E-state index contributed by atoms with van der Waals surface area (Å²) in [4.78, 5) is 30.5. The van der Waals surface area contributed by atoms with Gasteiger partial charge in [0.15, 0.2) is 0 Å². The summed E-state index contributed by atoms with van der Waals surface area (Å²) in [6.45, 7) is 14.6. The Morgan fingerprint density at radius 1 is 0.571 bits per heavy atom. The molecule has 0 aromatic carbocycles. The van der Waals surface area contributed by atoms with Gasteiger partial charge >= 0.3 is 18.3 Å². The second-order valence-electron chi connectivity index (χ2n) is 10.1. The number of carbonyl (C=O) groups is 3. The van der Waals surface area contributed by atoms with Crippen LogP contribution in [0.1, 0.15) is 119 Å². The fourth-order valence-corrected chi connectivity index (χ4v) is 3.73. The quantitative estimate of drug-likeness (QED) is 0.101. The van der Waals surface area contributed by atoms with Gasteiger partial charge in [0.05, 0.1) is 12.4 Å². The van der Waals surface area contributed by atoms with Crippen LogP contribution in [0.25, 0.3) is 0 Å². The first-order valence-electron chi connectivity index (χ1n) is 15.6. The van der Waals surface area contributed by atoms with Gasteiger partial charge in [-0.3, -0.25) is 0 Å². The summed E-state index contributed by atoms with van der Waals surface area (Å²) >= 11 is 0. The van der Waals surface area contributed by atoms with Crippen molar-refractivity contribution in [1.29, 1.82) is 0 Å². The number of aromatic nitrogens is 3. The minimum Gasteiger partial charge on any atom is -0.465 e. The molecule has 246 valence electrons. The summed E-state index contributed by atoms with van der Waals surface area (Å²) in [5.41, 5.74) is 0. The molecule has 3 amide bonds. The molecule has 0 saturated carbocycles. The van der Waals surface area contributed by atoms with Crippen LogP contribution >= 0.6 is 0 Å². The Hall–Kier alpha value is -3.18. The highest BCUT2D eigenvalue weighted by Gasteiger charge is 2.08. The van der Waals surface area contributed by atoms with Gasteiger partial charge in [0.1, 0.15) is 0 Å². The van der Waals surface area contributed by atoms with Crippen molar-refractivity contribution in [2.75, 3.05) is 19.6 Å². The van der Waals surface area contributed by atoms with Crippen molar-refractivity contribution in [3.05, 3.63) is 18.5 Å². The van der Waals surface area contributed by atoms with Crippen molar-refractivity contribution >= 4 is 18.3 Å². The van der Waals surface area contributed by atoms with Gasteiger partial charge in [0, 0.05) is 19.6 Å². The van der Waals surface area contributed by atoms with Crippen molar-refractivity contribution in [3.63, 3.8) is 0 Å². The van der Waals surface area contributed by atoms with E-state index >= 15 is 0 Å². The molecular weight excluding hydrogens is 540 g/mol. The van der Waals surface area contributed by atoms with Crippen LogP contribution < -0.4 is 16.0 Å². The van der Waals surface area contributed by atoms with Crippen LogP contribution in [-0.4, -0.2) is 68.6 Å². The minimum atomic E-state index is -0.912. The van der Waals surface area contributed by atoms with Gasteiger partial charge < -0.3 is 31.3 Å². The second-order valence-corrected chi connectivity index (χ2v) is 10.1. The number of amides is 3. The lowest BCUT2D eigenvalue weighted by molar-refractivity contribution is 0.190. The van der Waals surface area contributed by atoms with E-state index in [2.05, 4.69) is 72.9 Å². The van der Waals surface area contributed by atoms with E-state index in [9.17, 15) is 14.4 Å². The molecule has 0 aliphatic rings. The summed E-state index contributed by atoms with van der Waals surface area (Å²) in [7, 11) is 0. The molecule has 12 heteroatoms. The number of unbranched alkanes of at least 4 members (excludes halogenated alkanes) is 3. The second kappa shape index (κ2) is 34.0. The Balaban J connectivity index is -0.000000494. The molecule has 0 radical (unpaired) electrons. The lowest BCUT2D eigenvalue weighted by atomic mass is 10.00. The highest BCUT2D eigenvalue weighted by molar-refractivity contribution is 5.64. The fraction of sp³-hybridized carbons (Fsp3) is 0.800. The third kappa shape index (κ3) is 36.8. The number of carboxylic acid groups (broad SMARTS) is 3. The maximum Gasteiger partial charge on any atom is 0.404 e. The van der Waals surface area contributed by atoms with Crippen LogP contribution in [0.2, 0.25) is 0 Å². The highest BCUT2D eigenvalue weighted by atomic mass is 16.4. The lowest BCUT2D eigenvalue weighted by Crippen LogP contribution is -2.27. The zero-order valence-electron chi connectivity index (χ0n) is 27.0. The molecule has 3 unspecified atom stereocenters. The average Bonchev–Trinajstić information content (AvgIpc) is 2.99. The van der Waals surface area contributed by atoms with E-state index in [1.54, 1.807) is 18.5 Å². The van der Waals surface area contributed by atoms with Crippen LogP contribution in [-0.2, 0) is 0 Å². The predicted molar refractivity (Wildman–Crippen MR) is 168 cm³/mol. The number of rotatable bonds is 18. The van der Waals surface area contributed by atoms with Crippen LogP contribution in [0.15, 0.2) is 18.5 Å². The van der Waals surface area contributed by atoms with E-state index in [1.807, 2.05) is 0 Å². The molecule has 6 N–H and O–H groups in total. The zero-order chi connectivity index (χ0) is 32.4. The van der Waals surface area contributed by atoms with E-state index in [4.69, 9.17) is 15.3 Å². The molecule has 0 bridgehead atoms. The summed E-state index contributed by atoms with van der Waals surface area (Å²) in [6, 6.07) is 1.72. The molecule has 0 aliphatic heterocycles. The maximum atomic E-state index is 10.2. The standard InChI is InChI=1S/3C9H19NO2.C3H3N3/c3*1-3-5-6-8(4-2)7-10-9(11)12;1-2-4-6-5-3-1/h3*8,10H,3-7H2,1-2H3,(H,11,12);1-3H. The highest BCUT2D eigenvalue weighted by Crippen LogP contribution is 2.12. The van der Waals surface area contributed by atoms with Crippen LogP contribution in [0.4, 0.5) is 14.4 Å². The smallest absolute Gasteiger partial charge is 0.404 e. The molecule has 1 aromatic rings. The Kier molecular flexibility index (Phi) is 35.1. The first-order valence-corrected chi connectivity index (χ1v) is 15.6. The van der Waals surface area contributed by atoms with Crippen molar-refractivity contribution in [2.45, 2.75) is 119 Å². The maximum absolute atomic E-state index is 10.2. The number of hydrogen-bond acceptors (Lipinski definition) is 6. The van der Waals surface area contributed by atoms with E-state index in [0.717, 1.165) is 38.5 Å². The van der Waals surface area contributed by atoms with E-state index in [1.165, 1.54) is 38.5 Å². The third-order valence-corrected chi connectivity index (χ3v) is 6.66. The Bertz CT molecular complexity index is 631. The molecule has 12 nitrogen and oxygen atoms in total.